The Hall–Kier alpha value is -1.29. The maximum Gasteiger partial charge on any atom is 0.168 e. The minimum Gasteiger partial charge on any atom is -0.487 e. The maximum atomic E-state index is 5.77. The SMILES string of the molecule is CC(C)Oc1cccnc1NCC1CCN(C)CC1. The highest BCUT2D eigenvalue weighted by molar-refractivity contribution is 5.49. The molecule has 0 radical (unpaired) electrons. The lowest BCUT2D eigenvalue weighted by atomic mass is 9.97. The summed E-state index contributed by atoms with van der Waals surface area (Å²) in [5.41, 5.74) is 0. The van der Waals surface area contributed by atoms with Gasteiger partial charge in [0.1, 0.15) is 0 Å². The summed E-state index contributed by atoms with van der Waals surface area (Å²) < 4.78 is 5.77. The second-order valence-corrected chi connectivity index (χ2v) is 5.64. The molecule has 4 nitrogen and oxygen atoms in total. The fourth-order valence-electron chi connectivity index (χ4n) is 2.38. The van der Waals surface area contributed by atoms with Gasteiger partial charge in [-0.3, -0.25) is 0 Å². The summed E-state index contributed by atoms with van der Waals surface area (Å²) in [5, 5.41) is 3.45. The number of pyridine rings is 1. The standard InChI is InChI=1S/C15H25N3O/c1-12(2)19-14-5-4-8-16-15(14)17-11-13-6-9-18(3)10-7-13/h4-5,8,12-13H,6-7,9-11H2,1-3H3,(H,16,17). The number of likely N-dealkylation sites (tertiary alicyclic amines) is 1. The molecule has 19 heavy (non-hydrogen) atoms. The van der Waals surface area contributed by atoms with E-state index in [4.69, 9.17) is 4.74 Å². The van der Waals surface area contributed by atoms with Crippen molar-refractivity contribution in [2.24, 2.45) is 5.92 Å². The van der Waals surface area contributed by atoms with E-state index in [-0.39, 0.29) is 6.10 Å². The predicted molar refractivity (Wildman–Crippen MR) is 78.7 cm³/mol. The van der Waals surface area contributed by atoms with E-state index in [1.807, 2.05) is 32.2 Å². The van der Waals surface area contributed by atoms with E-state index in [0.29, 0.717) is 0 Å². The highest BCUT2D eigenvalue weighted by Crippen LogP contribution is 2.23. The molecule has 1 aromatic heterocycles. The molecule has 0 unspecified atom stereocenters. The summed E-state index contributed by atoms with van der Waals surface area (Å²) >= 11 is 0. The lowest BCUT2D eigenvalue weighted by Gasteiger charge is -2.29. The molecule has 0 atom stereocenters. The van der Waals surface area contributed by atoms with Crippen molar-refractivity contribution in [1.29, 1.82) is 0 Å². The summed E-state index contributed by atoms with van der Waals surface area (Å²) in [6, 6.07) is 3.89. The average Bonchev–Trinajstić information content (AvgIpc) is 2.39. The molecule has 4 heteroatoms. The zero-order chi connectivity index (χ0) is 13.7. The highest BCUT2D eigenvalue weighted by atomic mass is 16.5. The monoisotopic (exact) mass is 263 g/mol. The minimum absolute atomic E-state index is 0.174. The number of nitrogens with zero attached hydrogens (tertiary/aromatic N) is 2. The van der Waals surface area contributed by atoms with Crippen molar-refractivity contribution in [3.05, 3.63) is 18.3 Å². The Labute approximate surface area is 116 Å². The van der Waals surface area contributed by atoms with Gasteiger partial charge in [-0.1, -0.05) is 0 Å². The number of nitrogens with one attached hydrogen (secondary N) is 1. The van der Waals surface area contributed by atoms with Crippen LogP contribution in [0.1, 0.15) is 26.7 Å². The molecule has 1 aliphatic heterocycles. The van der Waals surface area contributed by atoms with Gasteiger partial charge in [-0.15, -0.1) is 0 Å². The number of aromatic nitrogens is 1. The number of anilines is 1. The first-order valence-corrected chi connectivity index (χ1v) is 7.19. The van der Waals surface area contributed by atoms with E-state index in [9.17, 15) is 0 Å². The Morgan fingerprint density at radius 1 is 1.42 bits per heavy atom. The van der Waals surface area contributed by atoms with Gasteiger partial charge in [0.25, 0.3) is 0 Å². The van der Waals surface area contributed by atoms with Crippen molar-refractivity contribution in [2.45, 2.75) is 32.8 Å². The van der Waals surface area contributed by atoms with Gasteiger partial charge in [0.05, 0.1) is 6.10 Å². The number of piperidine rings is 1. The zero-order valence-corrected chi connectivity index (χ0v) is 12.2. The Balaban J connectivity index is 1.88. The fourth-order valence-corrected chi connectivity index (χ4v) is 2.38. The molecule has 0 spiro atoms. The Morgan fingerprint density at radius 2 is 2.16 bits per heavy atom. The Bertz CT molecular complexity index is 387. The van der Waals surface area contributed by atoms with E-state index in [0.717, 1.165) is 24.0 Å². The second-order valence-electron chi connectivity index (χ2n) is 5.64. The normalized spacial score (nSPS) is 17.7. The molecule has 0 bridgehead atoms. The average molecular weight is 263 g/mol. The summed E-state index contributed by atoms with van der Waals surface area (Å²) in [5.74, 6) is 2.46. The van der Waals surface area contributed by atoms with Crippen LogP contribution in [0.15, 0.2) is 18.3 Å². The van der Waals surface area contributed by atoms with Crippen molar-refractivity contribution in [3.63, 3.8) is 0 Å². The van der Waals surface area contributed by atoms with Gasteiger partial charge in [0.15, 0.2) is 11.6 Å². The molecule has 2 rings (SSSR count). The fraction of sp³-hybridized carbons (Fsp3) is 0.667. The molecule has 1 aromatic rings. The third kappa shape index (κ3) is 4.39. The van der Waals surface area contributed by atoms with Crippen LogP contribution in [0.5, 0.6) is 5.75 Å². The van der Waals surface area contributed by atoms with Crippen LogP contribution >= 0.6 is 0 Å². The maximum absolute atomic E-state index is 5.77. The summed E-state index contributed by atoms with van der Waals surface area (Å²) in [6.45, 7) is 7.45. The van der Waals surface area contributed by atoms with E-state index >= 15 is 0 Å². The lowest BCUT2D eigenvalue weighted by Crippen LogP contribution is -2.33. The Morgan fingerprint density at radius 3 is 2.84 bits per heavy atom. The molecule has 1 fully saturated rings. The van der Waals surface area contributed by atoms with Gasteiger partial charge < -0.3 is 15.0 Å². The van der Waals surface area contributed by atoms with Crippen LogP contribution < -0.4 is 10.1 Å². The summed E-state index contributed by atoms with van der Waals surface area (Å²) in [4.78, 5) is 6.78. The van der Waals surface area contributed by atoms with Crippen LogP contribution in [0.25, 0.3) is 0 Å². The zero-order valence-electron chi connectivity index (χ0n) is 12.2. The molecule has 1 aliphatic rings. The van der Waals surface area contributed by atoms with Gasteiger partial charge in [-0.05, 0) is 64.9 Å². The van der Waals surface area contributed by atoms with E-state index in [1.54, 1.807) is 0 Å². The minimum atomic E-state index is 0.174. The van der Waals surface area contributed by atoms with Gasteiger partial charge in [-0.25, -0.2) is 4.98 Å². The molecule has 2 heterocycles. The largest absolute Gasteiger partial charge is 0.487 e. The first kappa shape index (κ1) is 14.1. The van der Waals surface area contributed by atoms with Crippen LogP contribution in [0.3, 0.4) is 0 Å². The number of hydrogen-bond acceptors (Lipinski definition) is 4. The molecular weight excluding hydrogens is 238 g/mol. The molecule has 0 amide bonds. The van der Waals surface area contributed by atoms with Gasteiger partial charge in [0, 0.05) is 12.7 Å². The number of ether oxygens (including phenoxy) is 1. The molecule has 1 saturated heterocycles. The van der Waals surface area contributed by atoms with Crippen molar-refractivity contribution >= 4 is 5.82 Å². The van der Waals surface area contributed by atoms with Crippen molar-refractivity contribution in [3.8, 4) is 5.75 Å². The molecule has 106 valence electrons. The summed E-state index contributed by atoms with van der Waals surface area (Å²) in [7, 11) is 2.19. The van der Waals surface area contributed by atoms with Crippen molar-refractivity contribution in [1.82, 2.24) is 9.88 Å². The number of hydrogen-bond donors (Lipinski definition) is 1. The van der Waals surface area contributed by atoms with Crippen molar-refractivity contribution in [2.75, 3.05) is 32.0 Å². The predicted octanol–water partition coefficient (Wildman–Crippen LogP) is 2.62. The van der Waals surface area contributed by atoms with Gasteiger partial charge in [0.2, 0.25) is 0 Å². The first-order valence-electron chi connectivity index (χ1n) is 7.19. The first-order chi connectivity index (χ1) is 9.15. The number of rotatable bonds is 5. The highest BCUT2D eigenvalue weighted by Gasteiger charge is 2.17. The van der Waals surface area contributed by atoms with Crippen LogP contribution in [0, 0.1) is 5.92 Å². The van der Waals surface area contributed by atoms with Crippen LogP contribution in [-0.4, -0.2) is 42.7 Å². The second kappa shape index (κ2) is 6.75. The van der Waals surface area contributed by atoms with E-state index in [1.165, 1.54) is 25.9 Å². The Kier molecular flexibility index (Phi) is 5.02. The molecule has 1 N–H and O–H groups in total. The quantitative estimate of drug-likeness (QED) is 0.886. The third-order valence-electron chi connectivity index (χ3n) is 3.53. The smallest absolute Gasteiger partial charge is 0.168 e. The van der Waals surface area contributed by atoms with Crippen LogP contribution in [-0.2, 0) is 0 Å². The molecule has 0 aromatic carbocycles. The van der Waals surface area contributed by atoms with Crippen molar-refractivity contribution < 1.29 is 4.74 Å². The third-order valence-corrected chi connectivity index (χ3v) is 3.53. The van der Waals surface area contributed by atoms with Gasteiger partial charge in [-0.2, -0.15) is 0 Å². The topological polar surface area (TPSA) is 37.4 Å². The molecular formula is C15H25N3O. The lowest BCUT2D eigenvalue weighted by molar-refractivity contribution is 0.225. The van der Waals surface area contributed by atoms with Gasteiger partial charge >= 0.3 is 0 Å². The summed E-state index contributed by atoms with van der Waals surface area (Å²) in [6.07, 6.45) is 4.51. The van der Waals surface area contributed by atoms with E-state index < -0.39 is 0 Å². The molecule has 0 saturated carbocycles. The van der Waals surface area contributed by atoms with E-state index in [2.05, 4.69) is 22.2 Å². The van der Waals surface area contributed by atoms with Crippen LogP contribution in [0.2, 0.25) is 0 Å². The molecule has 0 aliphatic carbocycles. The van der Waals surface area contributed by atoms with Crippen LogP contribution in [0.4, 0.5) is 5.82 Å².